The van der Waals surface area contributed by atoms with Crippen molar-refractivity contribution in [2.45, 2.75) is 70.7 Å². The summed E-state index contributed by atoms with van der Waals surface area (Å²) in [5, 5.41) is 0. The molecule has 1 aromatic heterocycles. The molecule has 6 atom stereocenters. The quantitative estimate of drug-likeness (QED) is 0.481. The van der Waals surface area contributed by atoms with E-state index in [4.69, 9.17) is 23.4 Å². The fraction of sp³-hybridized carbons (Fsp3) is 0.600. The van der Waals surface area contributed by atoms with Crippen molar-refractivity contribution in [3.8, 4) is 0 Å². The van der Waals surface area contributed by atoms with Crippen molar-refractivity contribution < 1.29 is 42.5 Å². The van der Waals surface area contributed by atoms with Gasteiger partial charge in [-0.25, -0.2) is 4.79 Å². The molecule has 182 valence electrons. The number of allylic oxidation sites excluding steroid dienone is 1. The standard InChI is InChI=1S/C25H28O9/c1-11(26)32-15-8-24(3)14(6-7-16(24)33-12(2)27)18-20(15)25(4)17(10-30-5)34-23(29)13-9-31-22(19(13)25)21(18)28/h9,14-17H,6-8,10H2,1-5H3/t14-,15+,16?,17+,24-,25-/m0/s1. The van der Waals surface area contributed by atoms with E-state index in [0.717, 1.165) is 0 Å². The van der Waals surface area contributed by atoms with Crippen LogP contribution >= 0.6 is 0 Å². The number of cyclic esters (lactones) is 1. The molecule has 0 spiro atoms. The summed E-state index contributed by atoms with van der Waals surface area (Å²) < 4.78 is 28.4. The second-order valence-electron chi connectivity index (χ2n) is 10.1. The molecule has 0 N–H and O–H groups in total. The SMILES string of the molecule is COC[C@H]1OC(=O)c2coc3c2[C@@]1(C)C1=C(C3=O)[C@@H]2CCC(OC(C)=O)[C@@]2(C)C[C@H]1OC(C)=O. The van der Waals surface area contributed by atoms with Gasteiger partial charge >= 0.3 is 17.9 Å². The van der Waals surface area contributed by atoms with E-state index in [1.165, 1.54) is 27.2 Å². The van der Waals surface area contributed by atoms with Crippen molar-refractivity contribution >= 4 is 23.7 Å². The molecule has 9 heteroatoms. The first-order valence-corrected chi connectivity index (χ1v) is 11.5. The molecule has 5 rings (SSSR count). The first kappa shape index (κ1) is 22.8. The number of fused-ring (bicyclic) bond motifs is 3. The van der Waals surface area contributed by atoms with Crippen LogP contribution in [0, 0.1) is 11.3 Å². The fourth-order valence-electron chi connectivity index (χ4n) is 6.85. The van der Waals surface area contributed by atoms with Crippen molar-refractivity contribution in [2.24, 2.45) is 11.3 Å². The van der Waals surface area contributed by atoms with E-state index in [-0.39, 0.29) is 29.6 Å². The van der Waals surface area contributed by atoms with Crippen molar-refractivity contribution in [3.63, 3.8) is 0 Å². The Kier molecular flexibility index (Phi) is 5.06. The third-order valence-corrected chi connectivity index (χ3v) is 8.20. The minimum Gasteiger partial charge on any atom is -0.462 e. The van der Waals surface area contributed by atoms with Gasteiger partial charge in [0.25, 0.3) is 0 Å². The van der Waals surface area contributed by atoms with Crippen LogP contribution in [-0.4, -0.2) is 55.7 Å². The molecule has 0 amide bonds. The normalized spacial score (nSPS) is 35.8. The van der Waals surface area contributed by atoms with Crippen molar-refractivity contribution in [1.29, 1.82) is 0 Å². The van der Waals surface area contributed by atoms with Crippen molar-refractivity contribution in [2.75, 3.05) is 13.7 Å². The Morgan fingerprint density at radius 3 is 2.47 bits per heavy atom. The maximum absolute atomic E-state index is 13.9. The Labute approximate surface area is 196 Å². The number of ether oxygens (including phenoxy) is 4. The van der Waals surface area contributed by atoms with Crippen LogP contribution in [0.2, 0.25) is 0 Å². The highest BCUT2D eigenvalue weighted by molar-refractivity contribution is 6.13. The van der Waals surface area contributed by atoms with E-state index in [0.29, 0.717) is 36.0 Å². The van der Waals surface area contributed by atoms with E-state index in [9.17, 15) is 19.2 Å². The van der Waals surface area contributed by atoms with Gasteiger partial charge in [0.05, 0.1) is 12.0 Å². The van der Waals surface area contributed by atoms with Gasteiger partial charge in [-0.2, -0.15) is 0 Å². The molecule has 9 nitrogen and oxygen atoms in total. The summed E-state index contributed by atoms with van der Waals surface area (Å²) in [6.45, 7) is 6.64. The zero-order chi connectivity index (χ0) is 24.6. The van der Waals surface area contributed by atoms with Crippen LogP contribution in [0.5, 0.6) is 0 Å². The zero-order valence-electron chi connectivity index (χ0n) is 19.9. The summed E-state index contributed by atoms with van der Waals surface area (Å²) in [4.78, 5) is 50.7. The smallest absolute Gasteiger partial charge is 0.342 e. The number of ketones is 1. The number of Topliss-reactive ketones (excluding diaryl/α,β-unsaturated/α-hetero) is 1. The Morgan fingerprint density at radius 2 is 1.82 bits per heavy atom. The minimum absolute atomic E-state index is 0.0854. The van der Waals surface area contributed by atoms with Gasteiger partial charge in [0.1, 0.15) is 30.1 Å². The lowest BCUT2D eigenvalue weighted by atomic mass is 9.54. The number of carbonyl (C=O) groups excluding carboxylic acids is 4. The second-order valence-corrected chi connectivity index (χ2v) is 10.1. The predicted molar refractivity (Wildman–Crippen MR) is 115 cm³/mol. The molecule has 1 fully saturated rings. The highest BCUT2D eigenvalue weighted by Crippen LogP contribution is 2.62. The second kappa shape index (κ2) is 7.53. The van der Waals surface area contributed by atoms with Crippen LogP contribution in [0.15, 0.2) is 21.8 Å². The molecule has 2 heterocycles. The largest absolute Gasteiger partial charge is 0.462 e. The highest BCUT2D eigenvalue weighted by Gasteiger charge is 2.65. The zero-order valence-corrected chi connectivity index (χ0v) is 19.9. The Bertz CT molecular complexity index is 1140. The van der Waals surface area contributed by atoms with Gasteiger partial charge in [0.15, 0.2) is 5.76 Å². The molecule has 1 aliphatic heterocycles. The summed E-state index contributed by atoms with van der Waals surface area (Å²) >= 11 is 0. The van der Waals surface area contributed by atoms with Crippen LogP contribution in [0.3, 0.4) is 0 Å². The topological polar surface area (TPSA) is 118 Å². The Morgan fingerprint density at radius 1 is 1.12 bits per heavy atom. The van der Waals surface area contributed by atoms with Gasteiger partial charge < -0.3 is 23.4 Å². The molecule has 1 aromatic rings. The van der Waals surface area contributed by atoms with Crippen LogP contribution in [-0.2, 0) is 34.0 Å². The first-order valence-electron chi connectivity index (χ1n) is 11.5. The number of hydrogen-bond donors (Lipinski definition) is 0. The number of hydrogen-bond acceptors (Lipinski definition) is 9. The average Bonchev–Trinajstić information content (AvgIpc) is 3.32. The van der Waals surface area contributed by atoms with E-state index in [1.807, 2.05) is 13.8 Å². The maximum Gasteiger partial charge on any atom is 0.342 e. The van der Waals surface area contributed by atoms with Crippen LogP contribution in [0.1, 0.15) is 73.4 Å². The maximum atomic E-state index is 13.9. The minimum atomic E-state index is -0.994. The molecular weight excluding hydrogens is 444 g/mol. The van der Waals surface area contributed by atoms with E-state index in [1.54, 1.807) is 0 Å². The van der Waals surface area contributed by atoms with Gasteiger partial charge in [0, 0.05) is 37.5 Å². The van der Waals surface area contributed by atoms with Crippen molar-refractivity contribution in [1.82, 2.24) is 0 Å². The molecule has 0 saturated heterocycles. The molecular formula is C25H28O9. The monoisotopic (exact) mass is 472 g/mol. The van der Waals surface area contributed by atoms with Crippen LogP contribution < -0.4 is 0 Å². The molecule has 34 heavy (non-hydrogen) atoms. The summed E-state index contributed by atoms with van der Waals surface area (Å²) in [6, 6.07) is 0. The van der Waals surface area contributed by atoms with E-state index >= 15 is 0 Å². The molecule has 1 unspecified atom stereocenters. The summed E-state index contributed by atoms with van der Waals surface area (Å²) in [7, 11) is 1.51. The van der Waals surface area contributed by atoms with Gasteiger partial charge in [-0.15, -0.1) is 0 Å². The molecule has 4 aliphatic rings. The lowest BCUT2D eigenvalue weighted by molar-refractivity contribution is -0.158. The average molecular weight is 472 g/mol. The Hall–Kier alpha value is -2.94. The summed E-state index contributed by atoms with van der Waals surface area (Å²) in [5.74, 6) is -1.93. The van der Waals surface area contributed by atoms with Gasteiger partial charge in [0.2, 0.25) is 5.78 Å². The highest BCUT2D eigenvalue weighted by atomic mass is 16.6. The van der Waals surface area contributed by atoms with Crippen molar-refractivity contribution in [3.05, 3.63) is 34.3 Å². The summed E-state index contributed by atoms with van der Waals surface area (Å²) in [6.07, 6.45) is 0.899. The lowest BCUT2D eigenvalue weighted by Gasteiger charge is -2.52. The summed E-state index contributed by atoms with van der Waals surface area (Å²) in [5.41, 5.74) is 0.180. The Balaban J connectivity index is 1.76. The number of rotatable bonds is 4. The molecule has 0 aromatic carbocycles. The van der Waals surface area contributed by atoms with Gasteiger partial charge in [-0.05, 0) is 37.7 Å². The predicted octanol–water partition coefficient (Wildman–Crippen LogP) is 2.90. The first-order chi connectivity index (χ1) is 16.0. The lowest BCUT2D eigenvalue weighted by Crippen LogP contribution is -2.57. The number of methoxy groups -OCH3 is 1. The molecule has 0 bridgehead atoms. The third-order valence-electron chi connectivity index (χ3n) is 8.20. The number of carbonyl (C=O) groups is 4. The number of furan rings is 1. The van der Waals surface area contributed by atoms with Gasteiger partial charge in [-0.3, -0.25) is 14.4 Å². The van der Waals surface area contributed by atoms with Crippen LogP contribution in [0.25, 0.3) is 0 Å². The van der Waals surface area contributed by atoms with E-state index in [2.05, 4.69) is 0 Å². The molecule has 1 saturated carbocycles. The third kappa shape index (κ3) is 2.88. The van der Waals surface area contributed by atoms with Crippen LogP contribution in [0.4, 0.5) is 0 Å². The van der Waals surface area contributed by atoms with Gasteiger partial charge in [-0.1, -0.05) is 6.92 Å². The number of esters is 3. The fourth-order valence-corrected chi connectivity index (χ4v) is 6.85. The van der Waals surface area contributed by atoms with E-state index < -0.39 is 47.0 Å². The molecule has 3 aliphatic carbocycles. The molecule has 0 radical (unpaired) electrons.